The van der Waals surface area contributed by atoms with E-state index in [-0.39, 0.29) is 39.7 Å². The van der Waals surface area contributed by atoms with Crippen LogP contribution in [0.3, 0.4) is 0 Å². The van der Waals surface area contributed by atoms with Crippen molar-refractivity contribution in [2.24, 2.45) is 0 Å². The van der Waals surface area contributed by atoms with Crippen LogP contribution in [0.5, 0.6) is 0 Å². The van der Waals surface area contributed by atoms with E-state index >= 15 is 0 Å². The summed E-state index contributed by atoms with van der Waals surface area (Å²) in [5.41, 5.74) is 0. The molecule has 0 spiro atoms. The first-order chi connectivity index (χ1) is 13.1. The predicted octanol–water partition coefficient (Wildman–Crippen LogP) is 6.52. The number of rotatable bonds is 8. The molecule has 0 aromatic rings. The molecular formula is C22H44Cl2O4Si3Zr-4. The van der Waals surface area contributed by atoms with E-state index in [9.17, 15) is 0 Å². The molecule has 0 aromatic heterocycles. The number of hydrogen-bond donors (Lipinski definition) is 0. The van der Waals surface area contributed by atoms with Gasteiger partial charge in [-0.05, 0) is 76.2 Å². The van der Waals surface area contributed by atoms with Crippen molar-refractivity contribution in [3.8, 4) is 0 Å². The first-order valence-electron chi connectivity index (χ1n) is 9.67. The maximum atomic E-state index is 5.84. The van der Waals surface area contributed by atoms with Gasteiger partial charge in [-0.15, -0.1) is 49.8 Å². The fourth-order valence-corrected chi connectivity index (χ4v) is 3.87. The fraction of sp³-hybridized carbons (Fsp3) is 0.545. The van der Waals surface area contributed by atoms with Gasteiger partial charge in [-0.3, -0.25) is 0 Å². The number of ether oxygens (including phenoxy) is 2. The molecule has 2 rings (SSSR count). The van der Waals surface area contributed by atoms with Crippen LogP contribution in [-0.4, -0.2) is 36.7 Å². The Morgan fingerprint density at radius 1 is 0.750 bits per heavy atom. The minimum absolute atomic E-state index is 0. The quantitative estimate of drug-likeness (QED) is 0.229. The Morgan fingerprint density at radius 2 is 1.03 bits per heavy atom. The molecule has 32 heavy (non-hydrogen) atoms. The molecule has 0 radical (unpaired) electrons. The van der Waals surface area contributed by atoms with E-state index in [0.29, 0.717) is 13.2 Å². The van der Waals surface area contributed by atoms with E-state index in [1.165, 1.54) is 0 Å². The number of allylic oxidation sites excluding steroid dienone is 4. The molecule has 0 saturated heterocycles. The van der Waals surface area contributed by atoms with Crippen LogP contribution in [0.1, 0.15) is 26.7 Å². The molecule has 0 saturated carbocycles. The standard InChI is InChI=1S/2C10H17O2Si.2CH3.2ClH.H2Si.Zr/c2*1-5-11-9-7-6-8-10(9)12-13(2,3)4;;;;;;/h2*8H,5-6H2,1-4H3;2*1H3;2*1H;1H2;/q4*-1;;;;. The van der Waals surface area contributed by atoms with Crippen LogP contribution in [0, 0.1) is 27.0 Å². The Bertz CT molecular complexity index is 559. The number of hydrogen-bond acceptors (Lipinski definition) is 4. The van der Waals surface area contributed by atoms with Crippen molar-refractivity contribution in [3.63, 3.8) is 0 Å². The molecule has 0 bridgehead atoms. The third kappa shape index (κ3) is 19.7. The van der Waals surface area contributed by atoms with Gasteiger partial charge >= 0.3 is 30.2 Å². The summed E-state index contributed by atoms with van der Waals surface area (Å²) in [6, 6.07) is 0. The van der Waals surface area contributed by atoms with Crippen LogP contribution >= 0.6 is 24.8 Å². The van der Waals surface area contributed by atoms with E-state index in [1.807, 2.05) is 32.9 Å². The SMILES string of the molecule is CCOC1=[C-]CC=C1O[Si](C)(C)C.CCOC1=[C-]CC=C1O[Si](C)(C)C.Cl.Cl.[CH3-].[CH3-].[SiH2]=[Zr]. The predicted molar refractivity (Wildman–Crippen MR) is 147 cm³/mol. The van der Waals surface area contributed by atoms with Crippen LogP contribution < -0.4 is 0 Å². The van der Waals surface area contributed by atoms with Crippen molar-refractivity contribution in [3.05, 3.63) is 62.2 Å². The van der Waals surface area contributed by atoms with E-state index in [2.05, 4.69) is 51.4 Å². The molecule has 0 unspecified atom stereocenters. The Hall–Kier alpha value is 0.274. The van der Waals surface area contributed by atoms with Crippen LogP contribution in [0.2, 0.25) is 39.3 Å². The van der Waals surface area contributed by atoms with Gasteiger partial charge in [-0.1, -0.05) is 0 Å². The van der Waals surface area contributed by atoms with Gasteiger partial charge < -0.3 is 33.2 Å². The summed E-state index contributed by atoms with van der Waals surface area (Å²) >= 11 is 1.58. The Kier molecular flexibility index (Phi) is 28.9. The molecule has 0 fully saturated rings. The van der Waals surface area contributed by atoms with Crippen molar-refractivity contribution in [1.82, 2.24) is 0 Å². The van der Waals surface area contributed by atoms with Gasteiger partial charge in [0, 0.05) is 0 Å². The average Bonchev–Trinajstić information content (AvgIpc) is 3.18. The van der Waals surface area contributed by atoms with Crippen molar-refractivity contribution in [2.45, 2.75) is 66.0 Å². The zero-order chi connectivity index (χ0) is 21.8. The zero-order valence-corrected chi connectivity index (χ0v) is 29.1. The maximum absolute atomic E-state index is 5.84. The number of halogens is 2. The second-order valence-corrected chi connectivity index (χ2v) is 16.7. The van der Waals surface area contributed by atoms with Crippen molar-refractivity contribution >= 4 is 48.3 Å². The summed E-state index contributed by atoms with van der Waals surface area (Å²) < 4.78 is 22.5. The second-order valence-electron chi connectivity index (χ2n) is 7.85. The third-order valence-electron chi connectivity index (χ3n) is 2.96. The van der Waals surface area contributed by atoms with Gasteiger partial charge in [0.25, 0.3) is 0 Å². The van der Waals surface area contributed by atoms with E-state index in [1.54, 1.807) is 23.3 Å². The van der Waals surface area contributed by atoms with Crippen molar-refractivity contribution < 1.29 is 41.7 Å². The van der Waals surface area contributed by atoms with Crippen LogP contribution in [0.25, 0.3) is 0 Å². The second kappa shape index (κ2) is 21.8. The van der Waals surface area contributed by atoms with Gasteiger partial charge in [0.05, 0.1) is 13.2 Å². The van der Waals surface area contributed by atoms with Gasteiger partial charge in [-0.25, -0.2) is 12.2 Å². The fourth-order valence-electron chi connectivity index (χ4n) is 2.20. The average molecular weight is 619 g/mol. The molecule has 190 valence electrons. The third-order valence-corrected chi connectivity index (χ3v) is 4.62. The zero-order valence-electron chi connectivity index (χ0n) is 21.6. The molecule has 0 heterocycles. The normalized spacial score (nSPS) is 13.6. The Morgan fingerprint density at radius 3 is 1.25 bits per heavy atom. The van der Waals surface area contributed by atoms with Crippen molar-refractivity contribution in [2.75, 3.05) is 13.2 Å². The molecular weight excluding hydrogens is 575 g/mol. The van der Waals surface area contributed by atoms with E-state index in [0.717, 1.165) is 35.9 Å². The topological polar surface area (TPSA) is 36.9 Å². The Labute approximate surface area is 229 Å². The molecule has 2 aliphatic carbocycles. The van der Waals surface area contributed by atoms with E-state index in [4.69, 9.17) is 18.3 Å². The van der Waals surface area contributed by atoms with Gasteiger partial charge in [0.1, 0.15) is 0 Å². The monoisotopic (exact) mass is 616 g/mol. The minimum atomic E-state index is -1.50. The van der Waals surface area contributed by atoms with E-state index < -0.39 is 16.6 Å². The Balaban J connectivity index is -0.000000126. The molecule has 0 aliphatic heterocycles. The van der Waals surface area contributed by atoms with Gasteiger partial charge in [0.2, 0.25) is 16.6 Å². The molecule has 0 amide bonds. The van der Waals surface area contributed by atoms with Crippen molar-refractivity contribution in [1.29, 1.82) is 0 Å². The summed E-state index contributed by atoms with van der Waals surface area (Å²) in [5.74, 6) is 3.37. The molecule has 0 atom stereocenters. The summed E-state index contributed by atoms with van der Waals surface area (Å²) in [5, 5.41) is 0. The van der Waals surface area contributed by atoms with Crippen LogP contribution in [-0.2, 0) is 41.7 Å². The molecule has 2 aliphatic rings. The van der Waals surface area contributed by atoms with Crippen LogP contribution in [0.4, 0.5) is 0 Å². The van der Waals surface area contributed by atoms with Gasteiger partial charge in [-0.2, -0.15) is 0 Å². The summed E-state index contributed by atoms with van der Waals surface area (Å²) in [6.45, 7) is 20.2. The molecule has 0 aromatic carbocycles. The molecule has 10 heteroatoms. The molecule has 0 N–H and O–H groups in total. The summed E-state index contributed by atoms with van der Waals surface area (Å²) in [6.07, 6.45) is 11.9. The van der Waals surface area contributed by atoms with Crippen LogP contribution in [0.15, 0.2) is 35.2 Å². The summed E-state index contributed by atoms with van der Waals surface area (Å²) in [7, 11) is -3.00. The van der Waals surface area contributed by atoms with Gasteiger partial charge in [0.15, 0.2) is 0 Å². The first-order valence-corrected chi connectivity index (χ1v) is 22.4. The molecule has 4 nitrogen and oxygen atoms in total. The first kappa shape index (κ1) is 42.4. The summed E-state index contributed by atoms with van der Waals surface area (Å²) in [4.78, 5) is 0.